The third-order valence-corrected chi connectivity index (χ3v) is 4.83. The molecule has 2 aliphatic rings. The summed E-state index contributed by atoms with van der Waals surface area (Å²) in [6.45, 7) is 1.03. The molecular weight excluding hydrogens is 278 g/mol. The van der Waals surface area contributed by atoms with Gasteiger partial charge in [0, 0.05) is 23.6 Å². The van der Waals surface area contributed by atoms with Gasteiger partial charge in [-0.25, -0.2) is 0 Å². The molecule has 2 aromatic carbocycles. The van der Waals surface area contributed by atoms with Gasteiger partial charge in [-0.1, -0.05) is 24.3 Å². The zero-order chi connectivity index (χ0) is 15.3. The van der Waals surface area contributed by atoms with E-state index in [0.717, 1.165) is 12.8 Å². The van der Waals surface area contributed by atoms with Crippen molar-refractivity contribution in [2.45, 2.75) is 25.3 Å². The first kappa shape index (κ1) is 13.2. The number of hydrogen-bond acceptors (Lipinski definition) is 3. The zero-order valence-corrected chi connectivity index (χ0v) is 12.1. The largest absolute Gasteiger partial charge is 0.504 e. The van der Waals surface area contributed by atoms with E-state index in [2.05, 4.69) is 18.2 Å². The smallest absolute Gasteiger partial charge is 0.254 e. The number of aromatic hydroxyl groups is 2. The number of phenolic OH excluding ortho intramolecular Hbond substituents is 2. The lowest BCUT2D eigenvalue weighted by Crippen LogP contribution is -2.28. The molecule has 4 heteroatoms. The van der Waals surface area contributed by atoms with Crippen molar-refractivity contribution < 1.29 is 15.0 Å². The fourth-order valence-corrected chi connectivity index (χ4v) is 3.67. The first-order chi connectivity index (χ1) is 10.6. The van der Waals surface area contributed by atoms with Crippen LogP contribution in [0.2, 0.25) is 0 Å². The number of hydrogen-bond donors (Lipinski definition) is 2. The Kier molecular flexibility index (Phi) is 2.86. The van der Waals surface area contributed by atoms with Crippen molar-refractivity contribution in [3.05, 3.63) is 58.7 Å². The van der Waals surface area contributed by atoms with Crippen LogP contribution in [0.1, 0.15) is 39.4 Å². The predicted molar refractivity (Wildman–Crippen MR) is 82.0 cm³/mol. The quantitative estimate of drug-likeness (QED) is 0.838. The minimum Gasteiger partial charge on any atom is -0.504 e. The second-order valence-electron chi connectivity index (χ2n) is 6.08. The Morgan fingerprint density at radius 1 is 1.14 bits per heavy atom. The van der Waals surface area contributed by atoms with Crippen LogP contribution in [0.4, 0.5) is 0 Å². The van der Waals surface area contributed by atoms with Crippen LogP contribution in [0.25, 0.3) is 0 Å². The Morgan fingerprint density at radius 3 is 2.82 bits per heavy atom. The van der Waals surface area contributed by atoms with Crippen molar-refractivity contribution >= 4 is 5.91 Å². The average Bonchev–Trinajstić information content (AvgIpc) is 3.07. The van der Waals surface area contributed by atoms with E-state index in [-0.39, 0.29) is 17.4 Å². The summed E-state index contributed by atoms with van der Waals surface area (Å²) in [6, 6.07) is 11.4. The first-order valence-electron chi connectivity index (χ1n) is 7.56. The maximum atomic E-state index is 12.5. The normalized spacial score (nSPS) is 19.4. The second kappa shape index (κ2) is 4.77. The molecule has 0 radical (unpaired) electrons. The molecule has 2 N–H and O–H groups in total. The van der Waals surface area contributed by atoms with Crippen molar-refractivity contribution in [2.24, 2.45) is 0 Å². The van der Waals surface area contributed by atoms with Gasteiger partial charge >= 0.3 is 0 Å². The summed E-state index contributed by atoms with van der Waals surface area (Å²) in [5, 5.41) is 19.5. The second-order valence-corrected chi connectivity index (χ2v) is 6.08. The molecule has 0 fully saturated rings. The van der Waals surface area contributed by atoms with Crippen molar-refractivity contribution in [2.75, 3.05) is 6.54 Å². The minimum atomic E-state index is -0.167. The van der Waals surface area contributed by atoms with E-state index in [9.17, 15) is 15.0 Å². The SMILES string of the molecule is O=C1c2ccc(O)c(O)c2CN1C[C@@H]1CCc2ccccc21. The van der Waals surface area contributed by atoms with Gasteiger partial charge < -0.3 is 15.1 Å². The van der Waals surface area contributed by atoms with Crippen LogP contribution in [0.3, 0.4) is 0 Å². The lowest BCUT2D eigenvalue weighted by Gasteiger charge is -2.21. The fourth-order valence-electron chi connectivity index (χ4n) is 3.67. The van der Waals surface area contributed by atoms with Crippen LogP contribution >= 0.6 is 0 Å². The first-order valence-corrected chi connectivity index (χ1v) is 7.56. The number of benzene rings is 2. The van der Waals surface area contributed by atoms with E-state index in [0.29, 0.717) is 30.1 Å². The van der Waals surface area contributed by atoms with Crippen LogP contribution in [-0.4, -0.2) is 27.6 Å². The van der Waals surface area contributed by atoms with Gasteiger partial charge in [-0.15, -0.1) is 0 Å². The summed E-state index contributed by atoms with van der Waals surface area (Å²) in [6.07, 6.45) is 2.11. The number of nitrogens with zero attached hydrogens (tertiary/aromatic N) is 1. The fraction of sp³-hybridized carbons (Fsp3) is 0.278. The molecular formula is C18H17NO3. The highest BCUT2D eigenvalue weighted by Gasteiger charge is 2.33. The Balaban J connectivity index is 1.59. The molecule has 0 spiro atoms. The maximum Gasteiger partial charge on any atom is 0.254 e. The van der Waals surface area contributed by atoms with Crippen LogP contribution in [0, 0.1) is 0 Å². The molecule has 1 aliphatic carbocycles. The van der Waals surface area contributed by atoms with Crippen LogP contribution < -0.4 is 0 Å². The summed E-state index contributed by atoms with van der Waals surface area (Å²) in [5.74, 6) is -0.0420. The number of aryl methyl sites for hydroxylation is 1. The van der Waals surface area contributed by atoms with Gasteiger partial charge in [0.25, 0.3) is 5.91 Å². The van der Waals surface area contributed by atoms with E-state index in [1.54, 1.807) is 11.0 Å². The molecule has 0 unspecified atom stereocenters. The average molecular weight is 295 g/mol. The van der Waals surface area contributed by atoms with E-state index in [1.165, 1.54) is 17.2 Å². The standard InChI is InChI=1S/C18H17NO3/c20-16-8-7-14-15(17(16)21)10-19(18(14)22)9-12-6-5-11-3-1-2-4-13(11)12/h1-4,7-8,12,20-21H,5-6,9-10H2/t12-/m0/s1. The van der Waals surface area contributed by atoms with Crippen molar-refractivity contribution in [1.29, 1.82) is 0 Å². The molecule has 0 aromatic heterocycles. The van der Waals surface area contributed by atoms with E-state index in [4.69, 9.17) is 0 Å². The van der Waals surface area contributed by atoms with Gasteiger partial charge in [0.15, 0.2) is 11.5 Å². The highest BCUT2D eigenvalue weighted by atomic mass is 16.3. The molecule has 112 valence electrons. The maximum absolute atomic E-state index is 12.5. The third kappa shape index (κ3) is 1.87. The van der Waals surface area contributed by atoms with Gasteiger partial charge in [0.05, 0.1) is 6.54 Å². The van der Waals surface area contributed by atoms with Gasteiger partial charge in [-0.05, 0) is 36.1 Å². The van der Waals surface area contributed by atoms with Gasteiger partial charge in [-0.2, -0.15) is 0 Å². The van der Waals surface area contributed by atoms with Gasteiger partial charge in [-0.3, -0.25) is 4.79 Å². The number of amides is 1. The van der Waals surface area contributed by atoms with Crippen molar-refractivity contribution in [3.8, 4) is 11.5 Å². The third-order valence-electron chi connectivity index (χ3n) is 4.83. The number of carbonyl (C=O) groups excluding carboxylic acids is 1. The molecule has 2 aromatic rings. The summed E-state index contributed by atoms with van der Waals surface area (Å²) >= 11 is 0. The Morgan fingerprint density at radius 2 is 1.95 bits per heavy atom. The van der Waals surface area contributed by atoms with Crippen molar-refractivity contribution in [1.82, 2.24) is 4.90 Å². The molecule has 0 bridgehead atoms. The molecule has 4 nitrogen and oxygen atoms in total. The highest BCUT2D eigenvalue weighted by Crippen LogP contribution is 2.39. The Labute approximate surface area is 128 Å². The summed E-state index contributed by atoms with van der Waals surface area (Å²) < 4.78 is 0. The summed E-state index contributed by atoms with van der Waals surface area (Å²) in [5.41, 5.74) is 3.74. The molecule has 1 atom stereocenters. The molecule has 4 rings (SSSR count). The van der Waals surface area contributed by atoms with Crippen LogP contribution in [0.15, 0.2) is 36.4 Å². The number of phenols is 2. The number of rotatable bonds is 2. The minimum absolute atomic E-state index is 0.0605. The van der Waals surface area contributed by atoms with E-state index < -0.39 is 0 Å². The molecule has 1 heterocycles. The Hall–Kier alpha value is -2.49. The lowest BCUT2D eigenvalue weighted by atomic mass is 10.0. The number of fused-ring (bicyclic) bond motifs is 2. The highest BCUT2D eigenvalue weighted by molar-refractivity contribution is 5.99. The molecule has 1 amide bonds. The molecule has 0 saturated heterocycles. The molecule has 0 saturated carbocycles. The topological polar surface area (TPSA) is 60.8 Å². The van der Waals surface area contributed by atoms with Crippen molar-refractivity contribution in [3.63, 3.8) is 0 Å². The van der Waals surface area contributed by atoms with Gasteiger partial charge in [0.1, 0.15) is 0 Å². The van der Waals surface area contributed by atoms with Crippen LogP contribution in [0.5, 0.6) is 11.5 Å². The van der Waals surface area contributed by atoms with E-state index >= 15 is 0 Å². The molecule has 1 aliphatic heterocycles. The Bertz CT molecular complexity index is 769. The predicted octanol–water partition coefficient (Wildman–Crippen LogP) is 2.78. The number of carbonyl (C=O) groups is 1. The summed E-state index contributed by atoms with van der Waals surface area (Å²) in [7, 11) is 0. The van der Waals surface area contributed by atoms with Crippen LogP contribution in [-0.2, 0) is 13.0 Å². The molecule has 22 heavy (non-hydrogen) atoms. The summed E-state index contributed by atoms with van der Waals surface area (Å²) in [4.78, 5) is 14.3. The van der Waals surface area contributed by atoms with E-state index in [1.807, 2.05) is 6.07 Å². The monoisotopic (exact) mass is 295 g/mol. The zero-order valence-electron chi connectivity index (χ0n) is 12.1. The lowest BCUT2D eigenvalue weighted by molar-refractivity contribution is 0.0768. The van der Waals surface area contributed by atoms with Gasteiger partial charge in [0.2, 0.25) is 0 Å².